The Bertz CT molecular complexity index is 530. The zero-order chi connectivity index (χ0) is 13.7. The average molecular weight is 291 g/mol. The van der Waals surface area contributed by atoms with E-state index in [0.717, 1.165) is 23.7 Å². The van der Waals surface area contributed by atoms with E-state index in [2.05, 4.69) is 10.3 Å². The fraction of sp³-hybridized carbons (Fsp3) is 0.625. The van der Waals surface area contributed by atoms with Crippen LogP contribution < -0.4 is 5.32 Å². The summed E-state index contributed by atoms with van der Waals surface area (Å²) in [7, 11) is 0. The van der Waals surface area contributed by atoms with Gasteiger partial charge < -0.3 is 5.32 Å². The Morgan fingerprint density at radius 1 is 1.20 bits per heavy atom. The van der Waals surface area contributed by atoms with Gasteiger partial charge in [0.1, 0.15) is 5.15 Å². The number of halogens is 1. The minimum atomic E-state index is 0.00117. The lowest BCUT2D eigenvalue weighted by Crippen LogP contribution is -2.42. The quantitative estimate of drug-likeness (QED) is 0.849. The van der Waals surface area contributed by atoms with Gasteiger partial charge in [-0.05, 0) is 61.5 Å². The second kappa shape index (κ2) is 4.73. The Hall–Kier alpha value is -1.09. The van der Waals surface area contributed by atoms with Crippen LogP contribution >= 0.6 is 11.6 Å². The number of pyridine rings is 1. The van der Waals surface area contributed by atoms with Crippen molar-refractivity contribution < 1.29 is 4.79 Å². The highest BCUT2D eigenvalue weighted by molar-refractivity contribution is 6.29. The van der Waals surface area contributed by atoms with Crippen molar-refractivity contribution in [2.24, 2.45) is 23.7 Å². The number of hydrogen-bond acceptors (Lipinski definition) is 2. The molecule has 3 aliphatic rings. The van der Waals surface area contributed by atoms with Gasteiger partial charge in [-0.2, -0.15) is 0 Å². The number of fused-ring (bicyclic) bond motifs is 5. The Labute approximate surface area is 124 Å². The van der Waals surface area contributed by atoms with E-state index in [-0.39, 0.29) is 5.91 Å². The van der Waals surface area contributed by atoms with Crippen molar-refractivity contribution in [3.63, 3.8) is 0 Å². The molecule has 3 fully saturated rings. The van der Waals surface area contributed by atoms with E-state index in [9.17, 15) is 4.79 Å². The van der Waals surface area contributed by atoms with Crippen molar-refractivity contribution in [2.75, 3.05) is 0 Å². The highest BCUT2D eigenvalue weighted by Gasteiger charge is 2.54. The molecule has 0 spiro atoms. The lowest BCUT2D eigenvalue weighted by molar-refractivity contribution is 0.0901. The van der Waals surface area contributed by atoms with E-state index in [4.69, 9.17) is 11.6 Å². The molecule has 1 heterocycles. The van der Waals surface area contributed by atoms with E-state index >= 15 is 0 Å². The predicted molar refractivity (Wildman–Crippen MR) is 77.5 cm³/mol. The van der Waals surface area contributed by atoms with Crippen LogP contribution in [0.3, 0.4) is 0 Å². The van der Waals surface area contributed by atoms with E-state index in [1.807, 2.05) is 0 Å². The summed E-state index contributed by atoms with van der Waals surface area (Å²) < 4.78 is 0. The van der Waals surface area contributed by atoms with Crippen LogP contribution in [0.4, 0.5) is 0 Å². The second-order valence-electron chi connectivity index (χ2n) is 6.60. The van der Waals surface area contributed by atoms with E-state index in [0.29, 0.717) is 16.8 Å². The maximum atomic E-state index is 12.3. The lowest BCUT2D eigenvalue weighted by Gasteiger charge is -2.32. The Kier molecular flexibility index (Phi) is 2.99. The van der Waals surface area contributed by atoms with Gasteiger partial charge in [-0.15, -0.1) is 0 Å². The molecule has 1 amide bonds. The van der Waals surface area contributed by atoms with Gasteiger partial charge in [0.05, 0.1) is 5.56 Å². The summed E-state index contributed by atoms with van der Waals surface area (Å²) >= 11 is 5.76. The SMILES string of the molecule is O=C(N[C@@H]1C[C@H]2C[C@H]1[C@@H]1CCC[C@@H]21)c1ccc(Cl)nc1. The first-order chi connectivity index (χ1) is 9.72. The van der Waals surface area contributed by atoms with Crippen molar-refractivity contribution in [1.29, 1.82) is 0 Å². The number of rotatable bonds is 2. The fourth-order valence-electron chi connectivity index (χ4n) is 5.00. The molecule has 1 aromatic heterocycles. The maximum absolute atomic E-state index is 12.3. The monoisotopic (exact) mass is 290 g/mol. The van der Waals surface area contributed by atoms with Gasteiger partial charge in [-0.25, -0.2) is 4.98 Å². The van der Waals surface area contributed by atoms with Gasteiger partial charge in [0.2, 0.25) is 0 Å². The highest BCUT2D eigenvalue weighted by Crippen LogP contribution is 2.58. The molecular formula is C16H19ClN2O. The summed E-state index contributed by atoms with van der Waals surface area (Å²) in [6.45, 7) is 0. The van der Waals surface area contributed by atoms with Crippen LogP contribution in [0.25, 0.3) is 0 Å². The molecule has 0 aliphatic heterocycles. The molecule has 5 atom stereocenters. The molecule has 106 valence electrons. The van der Waals surface area contributed by atoms with Crippen molar-refractivity contribution in [1.82, 2.24) is 10.3 Å². The summed E-state index contributed by atoms with van der Waals surface area (Å²) in [5, 5.41) is 3.66. The highest BCUT2D eigenvalue weighted by atomic mass is 35.5. The molecule has 1 N–H and O–H groups in total. The van der Waals surface area contributed by atoms with Crippen LogP contribution in [-0.2, 0) is 0 Å². The molecule has 20 heavy (non-hydrogen) atoms. The summed E-state index contributed by atoms with van der Waals surface area (Å²) in [5.41, 5.74) is 0.611. The first kappa shape index (κ1) is 12.6. The third-order valence-corrected chi connectivity index (χ3v) is 5.96. The Balaban J connectivity index is 1.45. The molecule has 3 nitrogen and oxygen atoms in total. The van der Waals surface area contributed by atoms with Gasteiger partial charge in [0, 0.05) is 12.2 Å². The number of carbonyl (C=O) groups is 1. The standard InChI is InChI=1S/C16H19ClN2O/c17-15-5-4-9(8-18-15)16(20)19-14-7-10-6-13(14)12-3-1-2-11(10)12/h4-5,8,10-14H,1-3,6-7H2,(H,19,20)/t10-,11+,12-,13+,14-/m1/s1. The smallest absolute Gasteiger partial charge is 0.253 e. The minimum absolute atomic E-state index is 0.00117. The first-order valence-corrected chi connectivity index (χ1v) is 8.02. The summed E-state index contributed by atoms with van der Waals surface area (Å²) in [4.78, 5) is 16.3. The summed E-state index contributed by atoms with van der Waals surface area (Å²) in [6, 6.07) is 3.79. The van der Waals surface area contributed by atoms with Gasteiger partial charge in [-0.1, -0.05) is 18.0 Å². The van der Waals surface area contributed by atoms with Crippen LogP contribution in [0.2, 0.25) is 5.15 Å². The topological polar surface area (TPSA) is 42.0 Å². The third kappa shape index (κ3) is 1.95. The van der Waals surface area contributed by atoms with Crippen LogP contribution in [-0.4, -0.2) is 16.9 Å². The van der Waals surface area contributed by atoms with E-state index < -0.39 is 0 Å². The molecule has 4 rings (SSSR count). The predicted octanol–water partition coefficient (Wildman–Crippen LogP) is 3.29. The third-order valence-electron chi connectivity index (χ3n) is 5.73. The molecule has 3 aliphatic carbocycles. The molecular weight excluding hydrogens is 272 g/mol. The van der Waals surface area contributed by atoms with Gasteiger partial charge >= 0.3 is 0 Å². The molecule has 0 radical (unpaired) electrons. The number of nitrogens with zero attached hydrogens (tertiary/aromatic N) is 1. The van der Waals surface area contributed by atoms with Crippen molar-refractivity contribution in [3.8, 4) is 0 Å². The molecule has 0 saturated heterocycles. The van der Waals surface area contributed by atoms with Gasteiger partial charge in [-0.3, -0.25) is 4.79 Å². The number of amides is 1. The second-order valence-corrected chi connectivity index (χ2v) is 6.99. The van der Waals surface area contributed by atoms with Crippen LogP contribution in [0.15, 0.2) is 18.3 Å². The zero-order valence-corrected chi connectivity index (χ0v) is 12.1. The van der Waals surface area contributed by atoms with Crippen LogP contribution in [0, 0.1) is 23.7 Å². The normalized spacial score (nSPS) is 38.0. The number of nitrogens with one attached hydrogen (secondary N) is 1. The fourth-order valence-corrected chi connectivity index (χ4v) is 5.11. The van der Waals surface area contributed by atoms with Crippen LogP contribution in [0.1, 0.15) is 42.5 Å². The maximum Gasteiger partial charge on any atom is 0.253 e. The lowest BCUT2D eigenvalue weighted by atomic mass is 9.79. The van der Waals surface area contributed by atoms with Crippen molar-refractivity contribution in [3.05, 3.63) is 29.0 Å². The number of aromatic nitrogens is 1. The van der Waals surface area contributed by atoms with Crippen molar-refractivity contribution >= 4 is 17.5 Å². The molecule has 2 bridgehead atoms. The van der Waals surface area contributed by atoms with Crippen LogP contribution in [0.5, 0.6) is 0 Å². The Morgan fingerprint density at radius 3 is 2.85 bits per heavy atom. The van der Waals surface area contributed by atoms with E-state index in [1.54, 1.807) is 18.3 Å². The molecule has 4 heteroatoms. The van der Waals surface area contributed by atoms with Gasteiger partial charge in [0.25, 0.3) is 5.91 Å². The average Bonchev–Trinajstić information content (AvgIpc) is 3.11. The molecule has 0 unspecified atom stereocenters. The van der Waals surface area contributed by atoms with E-state index in [1.165, 1.54) is 32.1 Å². The molecule has 0 aromatic carbocycles. The van der Waals surface area contributed by atoms with Gasteiger partial charge in [0.15, 0.2) is 0 Å². The van der Waals surface area contributed by atoms with Crippen molar-refractivity contribution in [2.45, 2.75) is 38.1 Å². The molecule has 3 saturated carbocycles. The Morgan fingerprint density at radius 2 is 2.05 bits per heavy atom. The number of hydrogen-bond donors (Lipinski definition) is 1. The minimum Gasteiger partial charge on any atom is -0.349 e. The summed E-state index contributed by atoms with van der Waals surface area (Å²) in [6.07, 6.45) is 8.26. The molecule has 1 aromatic rings. The number of carbonyl (C=O) groups excluding carboxylic acids is 1. The summed E-state index contributed by atoms with van der Waals surface area (Å²) in [5.74, 6) is 3.42. The largest absolute Gasteiger partial charge is 0.349 e. The zero-order valence-electron chi connectivity index (χ0n) is 11.4. The first-order valence-electron chi connectivity index (χ1n) is 7.65.